The molecule has 0 fully saturated rings. The summed E-state index contributed by atoms with van der Waals surface area (Å²) in [5.74, 6) is 0. The number of unbranched alkanes of at least 4 members (excludes halogenated alkanes) is 14. The van der Waals surface area contributed by atoms with Crippen LogP contribution in [0.25, 0.3) is 9.69 Å². The predicted molar refractivity (Wildman–Crippen MR) is 111 cm³/mol. The van der Waals surface area contributed by atoms with Crippen LogP contribution in [0.5, 0.6) is 0 Å². The van der Waals surface area contributed by atoms with Crippen molar-refractivity contribution in [3.05, 3.63) is 22.8 Å². The molecule has 0 aliphatic heterocycles. The van der Waals surface area contributed by atoms with E-state index in [0.29, 0.717) is 6.54 Å². The smallest absolute Gasteiger partial charge is 0.223 e. The van der Waals surface area contributed by atoms with Crippen LogP contribution in [0.4, 0.5) is 0 Å². The fourth-order valence-electron chi connectivity index (χ4n) is 3.42. The molecule has 0 aliphatic rings. The van der Waals surface area contributed by atoms with Gasteiger partial charge in [-0.2, -0.15) is 0 Å². The largest absolute Gasteiger partial charge is 0.317 e. The highest BCUT2D eigenvalue weighted by Crippen LogP contribution is 2.17. The van der Waals surface area contributed by atoms with Gasteiger partial charge in [-0.05, 0) is 19.3 Å². The fraction of sp³-hybridized carbons (Fsp3) is 0.913. The maximum absolute atomic E-state index is 7.38. The summed E-state index contributed by atoms with van der Waals surface area (Å²) < 4.78 is 0. The van der Waals surface area contributed by atoms with E-state index < -0.39 is 0 Å². The van der Waals surface area contributed by atoms with Crippen molar-refractivity contribution in [3.63, 3.8) is 0 Å². The standard InChI is InChI=1S/C23H42N2/c1-4-5-6-7-11-14-17-20-23(25-3)21-18-15-12-9-8-10-13-16-19-22-24-2/h23H,4-22H2,1H3. The summed E-state index contributed by atoms with van der Waals surface area (Å²) in [5, 5.41) is 0. The fourth-order valence-corrected chi connectivity index (χ4v) is 3.42. The minimum Gasteiger partial charge on any atom is -0.317 e. The van der Waals surface area contributed by atoms with Gasteiger partial charge in [0.2, 0.25) is 12.6 Å². The van der Waals surface area contributed by atoms with Crippen molar-refractivity contribution in [1.29, 1.82) is 0 Å². The molecule has 0 aromatic carbocycles. The third-order valence-electron chi connectivity index (χ3n) is 5.13. The monoisotopic (exact) mass is 346 g/mol. The second-order valence-electron chi connectivity index (χ2n) is 7.55. The van der Waals surface area contributed by atoms with Crippen LogP contribution in [-0.4, -0.2) is 12.6 Å². The highest BCUT2D eigenvalue weighted by atomic mass is 14.7. The van der Waals surface area contributed by atoms with Gasteiger partial charge in [0.1, 0.15) is 0 Å². The van der Waals surface area contributed by atoms with Crippen molar-refractivity contribution < 1.29 is 0 Å². The van der Waals surface area contributed by atoms with Crippen molar-refractivity contribution in [1.82, 2.24) is 0 Å². The Labute approximate surface area is 158 Å². The van der Waals surface area contributed by atoms with Gasteiger partial charge in [-0.3, -0.25) is 0 Å². The molecule has 0 N–H and O–H groups in total. The molecule has 0 spiro atoms. The number of rotatable bonds is 19. The summed E-state index contributed by atoms with van der Waals surface area (Å²) in [4.78, 5) is 7.24. The molecule has 2 nitrogen and oxygen atoms in total. The molecule has 0 aliphatic carbocycles. The average Bonchev–Trinajstić information content (AvgIpc) is 2.63. The SMILES string of the molecule is [C-]#[N+]CCCCCCCCCCCC(CCCCCCCCC)[N+]#[C-]. The molecule has 1 unspecified atom stereocenters. The van der Waals surface area contributed by atoms with Crippen LogP contribution in [-0.2, 0) is 0 Å². The Morgan fingerprint density at radius 1 is 0.560 bits per heavy atom. The summed E-state index contributed by atoms with van der Waals surface area (Å²) in [6.07, 6.45) is 23.2. The van der Waals surface area contributed by atoms with Crippen LogP contribution in [0.2, 0.25) is 0 Å². The molecular formula is C23H42N2. The zero-order valence-electron chi connectivity index (χ0n) is 16.9. The summed E-state index contributed by atoms with van der Waals surface area (Å²) in [7, 11) is 0. The lowest BCUT2D eigenvalue weighted by atomic mass is 10.0. The Morgan fingerprint density at radius 2 is 0.960 bits per heavy atom. The van der Waals surface area contributed by atoms with E-state index in [1.807, 2.05) is 0 Å². The van der Waals surface area contributed by atoms with Crippen LogP contribution >= 0.6 is 0 Å². The van der Waals surface area contributed by atoms with Gasteiger partial charge in [0.05, 0.1) is 0 Å². The summed E-state index contributed by atoms with van der Waals surface area (Å²) in [6, 6.07) is 0.290. The minimum atomic E-state index is 0.290. The summed E-state index contributed by atoms with van der Waals surface area (Å²) in [5.41, 5.74) is 0. The van der Waals surface area contributed by atoms with Gasteiger partial charge in [0.15, 0.2) is 0 Å². The molecule has 0 aromatic rings. The van der Waals surface area contributed by atoms with E-state index >= 15 is 0 Å². The first kappa shape index (κ1) is 24.0. The average molecular weight is 347 g/mol. The lowest BCUT2D eigenvalue weighted by molar-refractivity contribution is 0.510. The van der Waals surface area contributed by atoms with Gasteiger partial charge in [0, 0.05) is 19.3 Å². The highest BCUT2D eigenvalue weighted by molar-refractivity contribution is 4.78. The first-order valence-corrected chi connectivity index (χ1v) is 11.0. The molecule has 0 heterocycles. The molecule has 0 amide bonds. The lowest BCUT2D eigenvalue weighted by Crippen LogP contribution is -2.01. The normalized spacial score (nSPS) is 11.8. The molecule has 25 heavy (non-hydrogen) atoms. The molecule has 0 saturated heterocycles. The van der Waals surface area contributed by atoms with Crippen LogP contribution in [0.1, 0.15) is 122 Å². The van der Waals surface area contributed by atoms with Crippen LogP contribution in [0.3, 0.4) is 0 Å². The molecule has 0 aromatic heterocycles. The predicted octanol–water partition coefficient (Wildman–Crippen LogP) is 8.24. The van der Waals surface area contributed by atoms with Gasteiger partial charge in [-0.25, -0.2) is 13.1 Å². The number of hydrogen-bond acceptors (Lipinski definition) is 0. The molecule has 0 radical (unpaired) electrons. The Balaban J connectivity index is 3.30. The maximum atomic E-state index is 7.38. The van der Waals surface area contributed by atoms with Crippen molar-refractivity contribution in [2.45, 2.75) is 129 Å². The molecule has 0 rings (SSSR count). The third kappa shape index (κ3) is 19.2. The molecule has 1 atom stereocenters. The van der Waals surface area contributed by atoms with E-state index in [4.69, 9.17) is 13.1 Å². The maximum Gasteiger partial charge on any atom is 0.223 e. The second-order valence-corrected chi connectivity index (χ2v) is 7.55. The molecule has 2 heteroatoms. The van der Waals surface area contributed by atoms with E-state index in [1.165, 1.54) is 96.3 Å². The van der Waals surface area contributed by atoms with Gasteiger partial charge in [0.25, 0.3) is 0 Å². The molecule has 0 bridgehead atoms. The van der Waals surface area contributed by atoms with Crippen LogP contribution in [0, 0.1) is 13.1 Å². The first-order valence-electron chi connectivity index (χ1n) is 11.0. The topological polar surface area (TPSA) is 8.72 Å². The van der Waals surface area contributed by atoms with Crippen molar-refractivity contribution in [2.75, 3.05) is 6.54 Å². The van der Waals surface area contributed by atoms with Crippen LogP contribution in [0.15, 0.2) is 0 Å². The minimum absolute atomic E-state index is 0.290. The molecule has 144 valence electrons. The first-order chi connectivity index (χ1) is 12.3. The third-order valence-corrected chi connectivity index (χ3v) is 5.13. The van der Waals surface area contributed by atoms with Crippen molar-refractivity contribution in [2.24, 2.45) is 0 Å². The highest BCUT2D eigenvalue weighted by Gasteiger charge is 2.11. The van der Waals surface area contributed by atoms with E-state index in [1.54, 1.807) is 0 Å². The van der Waals surface area contributed by atoms with E-state index in [2.05, 4.69) is 16.6 Å². The van der Waals surface area contributed by atoms with E-state index in [-0.39, 0.29) is 6.04 Å². The quantitative estimate of drug-likeness (QED) is 0.164. The van der Waals surface area contributed by atoms with Gasteiger partial charge >= 0.3 is 0 Å². The Kier molecular flexibility index (Phi) is 20.2. The van der Waals surface area contributed by atoms with Gasteiger partial charge in [-0.1, -0.05) is 84.0 Å². The molecule has 0 saturated carbocycles. The Hall–Kier alpha value is -1.02. The Bertz CT molecular complexity index is 337. The van der Waals surface area contributed by atoms with Gasteiger partial charge < -0.3 is 9.69 Å². The zero-order valence-corrected chi connectivity index (χ0v) is 16.9. The van der Waals surface area contributed by atoms with Gasteiger partial charge in [-0.15, -0.1) is 0 Å². The molecular weight excluding hydrogens is 304 g/mol. The van der Waals surface area contributed by atoms with Crippen LogP contribution < -0.4 is 0 Å². The van der Waals surface area contributed by atoms with E-state index in [0.717, 1.165) is 19.3 Å². The number of hydrogen-bond donors (Lipinski definition) is 0. The number of nitrogens with zero attached hydrogens (tertiary/aromatic N) is 2. The van der Waals surface area contributed by atoms with E-state index in [9.17, 15) is 0 Å². The summed E-state index contributed by atoms with van der Waals surface area (Å²) >= 11 is 0. The second kappa shape index (κ2) is 21.0. The summed E-state index contributed by atoms with van der Waals surface area (Å²) in [6.45, 7) is 17.1. The Morgan fingerprint density at radius 3 is 1.36 bits per heavy atom. The lowest BCUT2D eigenvalue weighted by Gasteiger charge is -2.06. The van der Waals surface area contributed by atoms with Crippen molar-refractivity contribution in [3.8, 4) is 0 Å². The zero-order chi connectivity index (χ0) is 18.4. The van der Waals surface area contributed by atoms with Crippen molar-refractivity contribution >= 4 is 0 Å².